The molecule has 0 fully saturated rings. The molecule has 1 heterocycles. The number of amides is 1. The van der Waals surface area contributed by atoms with Gasteiger partial charge < -0.3 is 9.42 Å². The molecule has 0 aliphatic heterocycles. The van der Waals surface area contributed by atoms with Crippen molar-refractivity contribution in [2.24, 2.45) is 0 Å². The lowest BCUT2D eigenvalue weighted by atomic mass is 10.2. The van der Waals surface area contributed by atoms with E-state index >= 15 is 0 Å². The van der Waals surface area contributed by atoms with Gasteiger partial charge in [0.1, 0.15) is 0 Å². The van der Waals surface area contributed by atoms with Crippen molar-refractivity contribution in [3.05, 3.63) is 70.5 Å². The van der Waals surface area contributed by atoms with Gasteiger partial charge in [-0.1, -0.05) is 47.6 Å². The molecule has 0 spiro atoms. The monoisotopic (exact) mass is 371 g/mol. The molecular weight excluding hydrogens is 358 g/mol. The Bertz CT molecular complexity index is 817. The predicted molar refractivity (Wildman–Crippen MR) is 89.7 cm³/mol. The second kappa shape index (κ2) is 6.75. The van der Waals surface area contributed by atoms with Gasteiger partial charge in [-0.3, -0.25) is 4.79 Å². The fraction of sp³-hybridized carbons (Fsp3) is 0.118. The molecule has 0 unspecified atom stereocenters. The number of carbonyl (C=O) groups is 1. The lowest BCUT2D eigenvalue weighted by Gasteiger charge is -2.15. The molecule has 2 aromatic carbocycles. The molecule has 3 aromatic rings. The van der Waals surface area contributed by atoms with E-state index in [9.17, 15) is 4.79 Å². The highest BCUT2D eigenvalue weighted by Crippen LogP contribution is 2.19. The van der Waals surface area contributed by atoms with Gasteiger partial charge in [-0.25, -0.2) is 0 Å². The molecule has 0 bridgehead atoms. The van der Waals surface area contributed by atoms with E-state index < -0.39 is 0 Å². The summed E-state index contributed by atoms with van der Waals surface area (Å²) in [7, 11) is 1.70. The molecule has 0 N–H and O–H groups in total. The van der Waals surface area contributed by atoms with Crippen molar-refractivity contribution in [3.8, 4) is 11.4 Å². The number of rotatable bonds is 4. The number of carbonyl (C=O) groups excluding carboxylic acids is 1. The molecule has 5 nitrogen and oxygen atoms in total. The van der Waals surface area contributed by atoms with Crippen molar-refractivity contribution in [1.82, 2.24) is 15.0 Å². The summed E-state index contributed by atoms with van der Waals surface area (Å²) in [5.74, 6) is 0.797. The number of hydrogen-bond acceptors (Lipinski definition) is 4. The van der Waals surface area contributed by atoms with Gasteiger partial charge in [0.2, 0.25) is 11.7 Å². The summed E-state index contributed by atoms with van der Waals surface area (Å²) >= 11 is 3.39. The van der Waals surface area contributed by atoms with Crippen molar-refractivity contribution in [2.75, 3.05) is 7.05 Å². The zero-order valence-electron chi connectivity index (χ0n) is 12.4. The van der Waals surface area contributed by atoms with Crippen LogP contribution in [0.25, 0.3) is 11.4 Å². The first kappa shape index (κ1) is 15.4. The Balaban J connectivity index is 1.74. The average Bonchev–Trinajstić information content (AvgIpc) is 3.04. The Morgan fingerprint density at radius 3 is 2.57 bits per heavy atom. The summed E-state index contributed by atoms with van der Waals surface area (Å²) in [4.78, 5) is 18.3. The zero-order chi connectivity index (χ0) is 16.2. The number of benzene rings is 2. The fourth-order valence-corrected chi connectivity index (χ4v) is 2.59. The maximum absolute atomic E-state index is 12.5. The molecular formula is C17H14BrN3O2. The Kier molecular flexibility index (Phi) is 4.52. The summed E-state index contributed by atoms with van der Waals surface area (Å²) in [5.41, 5.74) is 1.47. The molecule has 23 heavy (non-hydrogen) atoms. The minimum absolute atomic E-state index is 0.114. The number of aromatic nitrogens is 2. The van der Waals surface area contributed by atoms with Gasteiger partial charge in [0.05, 0.1) is 12.1 Å². The van der Waals surface area contributed by atoms with Crippen LogP contribution in [0.15, 0.2) is 63.6 Å². The molecule has 0 aliphatic carbocycles. The lowest BCUT2D eigenvalue weighted by Crippen LogP contribution is -2.26. The van der Waals surface area contributed by atoms with Crippen molar-refractivity contribution < 1.29 is 9.32 Å². The molecule has 1 amide bonds. The zero-order valence-corrected chi connectivity index (χ0v) is 14.0. The predicted octanol–water partition coefficient (Wildman–Crippen LogP) is 3.77. The largest absolute Gasteiger partial charge is 0.337 e. The maximum atomic E-state index is 12.5. The molecule has 3 rings (SSSR count). The minimum Gasteiger partial charge on any atom is -0.337 e. The van der Waals surface area contributed by atoms with Crippen LogP contribution in [0.3, 0.4) is 0 Å². The molecule has 0 radical (unpaired) electrons. The Hall–Kier alpha value is -2.47. The number of nitrogens with zero attached hydrogens (tertiary/aromatic N) is 3. The van der Waals surface area contributed by atoms with Gasteiger partial charge in [0.25, 0.3) is 5.91 Å². The highest BCUT2D eigenvalue weighted by atomic mass is 79.9. The van der Waals surface area contributed by atoms with E-state index in [1.165, 1.54) is 0 Å². The van der Waals surface area contributed by atoms with Crippen LogP contribution in [0, 0.1) is 0 Å². The highest BCUT2D eigenvalue weighted by Gasteiger charge is 2.17. The van der Waals surface area contributed by atoms with Crippen LogP contribution >= 0.6 is 15.9 Å². The van der Waals surface area contributed by atoms with Crippen molar-refractivity contribution in [1.29, 1.82) is 0 Å². The van der Waals surface area contributed by atoms with Gasteiger partial charge in [0, 0.05) is 17.1 Å². The third kappa shape index (κ3) is 3.48. The molecule has 0 saturated carbocycles. The van der Waals surface area contributed by atoms with Gasteiger partial charge in [0.15, 0.2) is 0 Å². The smallest absolute Gasteiger partial charge is 0.255 e. The Morgan fingerprint density at radius 1 is 1.13 bits per heavy atom. The first-order chi connectivity index (χ1) is 11.1. The van der Waals surface area contributed by atoms with Crippen LogP contribution in [-0.4, -0.2) is 28.0 Å². The van der Waals surface area contributed by atoms with E-state index in [1.807, 2.05) is 48.5 Å². The topological polar surface area (TPSA) is 59.2 Å². The summed E-state index contributed by atoms with van der Waals surface area (Å²) in [6.07, 6.45) is 0. The van der Waals surface area contributed by atoms with E-state index in [-0.39, 0.29) is 12.5 Å². The lowest BCUT2D eigenvalue weighted by molar-refractivity contribution is 0.0768. The number of halogens is 1. The first-order valence-electron chi connectivity index (χ1n) is 7.03. The van der Waals surface area contributed by atoms with Crippen molar-refractivity contribution in [2.45, 2.75) is 6.54 Å². The van der Waals surface area contributed by atoms with Crippen LogP contribution in [-0.2, 0) is 6.54 Å². The molecule has 6 heteroatoms. The molecule has 0 atom stereocenters. The Labute approximate surface area is 142 Å². The van der Waals surface area contributed by atoms with E-state index in [4.69, 9.17) is 4.52 Å². The summed E-state index contributed by atoms with van der Waals surface area (Å²) < 4.78 is 6.00. The standard InChI is InChI=1S/C17H14BrN3O2/c1-21(17(22)13-9-5-6-10-14(13)18)11-15-19-16(20-23-15)12-7-3-2-4-8-12/h2-10H,11H2,1H3. The summed E-state index contributed by atoms with van der Waals surface area (Å²) in [5, 5.41) is 3.96. The second-order valence-corrected chi connectivity index (χ2v) is 5.87. The second-order valence-electron chi connectivity index (χ2n) is 5.02. The minimum atomic E-state index is -0.114. The molecule has 0 saturated heterocycles. The van der Waals surface area contributed by atoms with Crippen LogP contribution in [0.5, 0.6) is 0 Å². The van der Waals surface area contributed by atoms with Crippen LogP contribution in [0.2, 0.25) is 0 Å². The van der Waals surface area contributed by atoms with E-state index in [0.29, 0.717) is 17.3 Å². The molecule has 0 aliphatic rings. The SMILES string of the molecule is CN(Cc1nc(-c2ccccc2)no1)C(=O)c1ccccc1Br. The normalized spacial score (nSPS) is 10.5. The fourth-order valence-electron chi connectivity index (χ4n) is 2.14. The van der Waals surface area contributed by atoms with Gasteiger partial charge >= 0.3 is 0 Å². The van der Waals surface area contributed by atoms with Gasteiger partial charge in [-0.15, -0.1) is 0 Å². The van der Waals surface area contributed by atoms with Crippen LogP contribution < -0.4 is 0 Å². The van der Waals surface area contributed by atoms with Crippen LogP contribution in [0.1, 0.15) is 16.2 Å². The van der Waals surface area contributed by atoms with E-state index in [2.05, 4.69) is 26.1 Å². The van der Waals surface area contributed by atoms with E-state index in [1.54, 1.807) is 18.0 Å². The maximum Gasteiger partial charge on any atom is 0.255 e. The molecule has 116 valence electrons. The quantitative estimate of drug-likeness (QED) is 0.700. The van der Waals surface area contributed by atoms with E-state index in [0.717, 1.165) is 10.0 Å². The first-order valence-corrected chi connectivity index (χ1v) is 7.82. The molecule has 1 aromatic heterocycles. The summed E-state index contributed by atoms with van der Waals surface area (Å²) in [6.45, 7) is 0.250. The third-order valence-corrected chi connectivity index (χ3v) is 4.01. The third-order valence-electron chi connectivity index (χ3n) is 3.32. The van der Waals surface area contributed by atoms with Crippen molar-refractivity contribution in [3.63, 3.8) is 0 Å². The Morgan fingerprint density at radius 2 is 1.83 bits per heavy atom. The highest BCUT2D eigenvalue weighted by molar-refractivity contribution is 9.10. The van der Waals surface area contributed by atoms with Crippen molar-refractivity contribution >= 4 is 21.8 Å². The average molecular weight is 372 g/mol. The van der Waals surface area contributed by atoms with Gasteiger partial charge in [-0.2, -0.15) is 4.98 Å². The summed E-state index contributed by atoms with van der Waals surface area (Å²) in [6, 6.07) is 16.9. The van der Waals surface area contributed by atoms with Gasteiger partial charge in [-0.05, 0) is 28.1 Å². The van der Waals surface area contributed by atoms with Crippen LogP contribution in [0.4, 0.5) is 0 Å². The number of hydrogen-bond donors (Lipinski definition) is 0.